The summed E-state index contributed by atoms with van der Waals surface area (Å²) in [6.07, 6.45) is 15.2. The van der Waals surface area contributed by atoms with Crippen LogP contribution in [0.15, 0.2) is 6.07 Å². The lowest BCUT2D eigenvalue weighted by atomic mass is 9.93. The minimum absolute atomic E-state index is 0.130. The van der Waals surface area contributed by atoms with E-state index in [2.05, 4.69) is 31.4 Å². The Kier molecular flexibility index (Phi) is 5.24. The largest absolute Gasteiger partial charge is 0.341 e. The molecule has 2 N–H and O–H groups in total. The Morgan fingerprint density at radius 2 is 1.80 bits per heavy atom. The molecule has 1 atom stereocenters. The number of hydrogen-bond donors (Lipinski definition) is 2. The van der Waals surface area contributed by atoms with Crippen molar-refractivity contribution in [1.82, 2.24) is 25.1 Å². The van der Waals surface area contributed by atoms with Crippen molar-refractivity contribution in [3.63, 3.8) is 0 Å². The van der Waals surface area contributed by atoms with Gasteiger partial charge in [-0.25, -0.2) is 4.98 Å². The van der Waals surface area contributed by atoms with Crippen molar-refractivity contribution in [2.75, 3.05) is 29.9 Å². The van der Waals surface area contributed by atoms with Gasteiger partial charge in [-0.15, -0.1) is 0 Å². The molecule has 2 aliphatic heterocycles. The van der Waals surface area contributed by atoms with Gasteiger partial charge < -0.3 is 15.1 Å². The molecule has 2 saturated heterocycles. The van der Waals surface area contributed by atoms with Crippen LogP contribution in [0.2, 0.25) is 0 Å². The maximum absolute atomic E-state index is 13.6. The third-order valence-corrected chi connectivity index (χ3v) is 9.45. The highest BCUT2D eigenvalue weighted by molar-refractivity contribution is 5.85. The molecule has 2 saturated carbocycles. The molecule has 3 aliphatic carbocycles. The summed E-state index contributed by atoms with van der Waals surface area (Å²) in [5.74, 6) is 3.31. The molecule has 186 valence electrons. The van der Waals surface area contributed by atoms with Crippen molar-refractivity contribution in [1.29, 1.82) is 0 Å². The van der Waals surface area contributed by atoms with Crippen molar-refractivity contribution in [2.45, 2.75) is 95.4 Å². The number of fused-ring (bicyclic) bond motifs is 1. The molecule has 8 heteroatoms. The van der Waals surface area contributed by atoms with Crippen LogP contribution >= 0.6 is 0 Å². The van der Waals surface area contributed by atoms with Crippen LogP contribution in [0.5, 0.6) is 0 Å². The predicted octanol–water partition coefficient (Wildman–Crippen LogP) is 4.46. The topological polar surface area (TPSA) is 90.0 Å². The maximum Gasteiger partial charge on any atom is 0.245 e. The lowest BCUT2D eigenvalue weighted by Gasteiger charge is -2.35. The zero-order chi connectivity index (χ0) is 23.4. The first-order valence-electron chi connectivity index (χ1n) is 14.0. The molecule has 7 rings (SSSR count). The molecule has 1 spiro atoms. The van der Waals surface area contributed by atoms with E-state index in [1.807, 2.05) is 0 Å². The predicted molar refractivity (Wildman–Crippen MR) is 135 cm³/mol. The number of nitrogens with one attached hydrogen (secondary N) is 2. The van der Waals surface area contributed by atoms with Crippen molar-refractivity contribution < 1.29 is 4.79 Å². The minimum Gasteiger partial charge on any atom is -0.341 e. The quantitative estimate of drug-likeness (QED) is 0.664. The first kappa shape index (κ1) is 21.6. The van der Waals surface area contributed by atoms with Gasteiger partial charge in [-0.2, -0.15) is 10.1 Å². The van der Waals surface area contributed by atoms with Gasteiger partial charge in [-0.05, 0) is 76.0 Å². The molecule has 35 heavy (non-hydrogen) atoms. The summed E-state index contributed by atoms with van der Waals surface area (Å²) in [6, 6.07) is 2.03. The Morgan fingerprint density at radius 3 is 2.60 bits per heavy atom. The molecular weight excluding hydrogens is 438 g/mol. The second-order valence-electron chi connectivity index (χ2n) is 11.6. The van der Waals surface area contributed by atoms with Crippen LogP contribution in [-0.4, -0.2) is 56.6 Å². The summed E-state index contributed by atoms with van der Waals surface area (Å²) in [5.41, 5.74) is 4.16. The van der Waals surface area contributed by atoms with E-state index in [0.29, 0.717) is 17.3 Å². The molecule has 2 aromatic rings. The number of piperidine rings is 1. The zero-order valence-corrected chi connectivity index (χ0v) is 20.7. The number of aryl methyl sites for hydroxylation is 1. The van der Waals surface area contributed by atoms with Crippen molar-refractivity contribution in [2.24, 2.45) is 5.41 Å². The summed E-state index contributed by atoms with van der Waals surface area (Å²) >= 11 is 0. The number of nitrogens with zero attached hydrogens (tertiary/aromatic N) is 5. The number of anilines is 3. The molecule has 2 aromatic heterocycles. The van der Waals surface area contributed by atoms with E-state index in [9.17, 15) is 4.79 Å². The van der Waals surface area contributed by atoms with Gasteiger partial charge in [0.15, 0.2) is 5.82 Å². The zero-order valence-electron chi connectivity index (χ0n) is 20.7. The lowest BCUT2D eigenvalue weighted by molar-refractivity contribution is -0.134. The van der Waals surface area contributed by atoms with Crippen LogP contribution in [0.25, 0.3) is 0 Å². The average Bonchev–Trinajstić information content (AvgIpc) is 3.48. The molecule has 0 radical (unpaired) electrons. The number of carbonyl (C=O) groups is 1. The SMILES string of the molecule is O=C(C1CCCN1c1nc2c(c(Nc3cc(C4CCCC4)[nH]n3)n1)CCC2)N1CCC2(CC1)CC2. The van der Waals surface area contributed by atoms with Gasteiger partial charge in [0, 0.05) is 42.9 Å². The Labute approximate surface area is 207 Å². The number of amides is 1. The third-order valence-electron chi connectivity index (χ3n) is 9.45. The Hall–Kier alpha value is -2.64. The van der Waals surface area contributed by atoms with Gasteiger partial charge in [-0.3, -0.25) is 9.89 Å². The number of hydrogen-bond acceptors (Lipinski definition) is 6. The Balaban J connectivity index is 1.12. The van der Waals surface area contributed by atoms with E-state index < -0.39 is 0 Å². The van der Waals surface area contributed by atoms with Gasteiger partial charge in [0.1, 0.15) is 11.9 Å². The number of H-pyrrole nitrogens is 1. The van der Waals surface area contributed by atoms with E-state index >= 15 is 0 Å². The second kappa shape index (κ2) is 8.49. The van der Waals surface area contributed by atoms with Crippen LogP contribution < -0.4 is 10.2 Å². The Bertz CT molecular complexity index is 1110. The van der Waals surface area contributed by atoms with Crippen molar-refractivity contribution in [3.8, 4) is 0 Å². The normalized spacial score (nSPS) is 25.4. The monoisotopic (exact) mass is 475 g/mol. The standard InChI is InChI=1S/C27H37N7O/c35-25(33-15-12-27(10-11-27)13-16-33)22-9-4-14-34(22)26-28-20-8-3-7-19(20)24(30-26)29-23-17-21(31-32-23)18-5-1-2-6-18/h17-18,22H,1-16H2,(H2,28,29,30,31,32). The summed E-state index contributed by atoms with van der Waals surface area (Å²) in [7, 11) is 0. The molecular formula is C27H37N7O. The summed E-state index contributed by atoms with van der Waals surface area (Å²) < 4.78 is 0. The summed E-state index contributed by atoms with van der Waals surface area (Å²) in [6.45, 7) is 2.69. The van der Waals surface area contributed by atoms with Crippen LogP contribution in [0.4, 0.5) is 17.6 Å². The van der Waals surface area contributed by atoms with Crippen LogP contribution in [0.1, 0.15) is 93.5 Å². The summed E-state index contributed by atoms with van der Waals surface area (Å²) in [5, 5.41) is 11.3. The molecule has 1 unspecified atom stereocenters. The van der Waals surface area contributed by atoms with E-state index in [1.165, 1.54) is 62.6 Å². The highest BCUT2D eigenvalue weighted by Crippen LogP contribution is 2.53. The highest BCUT2D eigenvalue weighted by atomic mass is 16.2. The second-order valence-corrected chi connectivity index (χ2v) is 11.6. The molecule has 5 aliphatic rings. The summed E-state index contributed by atoms with van der Waals surface area (Å²) in [4.78, 5) is 27.9. The smallest absolute Gasteiger partial charge is 0.245 e. The fourth-order valence-electron chi connectivity index (χ4n) is 6.97. The molecule has 4 fully saturated rings. The molecule has 4 heterocycles. The lowest BCUT2D eigenvalue weighted by Crippen LogP contribution is -2.49. The average molecular weight is 476 g/mol. The number of rotatable bonds is 5. The van der Waals surface area contributed by atoms with Gasteiger partial charge in [0.05, 0.1) is 5.69 Å². The van der Waals surface area contributed by atoms with Gasteiger partial charge >= 0.3 is 0 Å². The number of likely N-dealkylation sites (tertiary alicyclic amines) is 1. The van der Waals surface area contributed by atoms with Crippen molar-refractivity contribution in [3.05, 3.63) is 23.0 Å². The van der Waals surface area contributed by atoms with Crippen LogP contribution in [0, 0.1) is 5.41 Å². The first-order chi connectivity index (χ1) is 17.2. The molecule has 1 amide bonds. The molecule has 8 nitrogen and oxygen atoms in total. The first-order valence-corrected chi connectivity index (χ1v) is 14.0. The van der Waals surface area contributed by atoms with E-state index in [-0.39, 0.29) is 11.9 Å². The minimum atomic E-state index is -0.130. The molecule has 0 bridgehead atoms. The number of carbonyl (C=O) groups excluding carboxylic acids is 1. The number of aromatic nitrogens is 4. The van der Waals surface area contributed by atoms with E-state index in [4.69, 9.17) is 9.97 Å². The van der Waals surface area contributed by atoms with Gasteiger partial charge in [0.25, 0.3) is 0 Å². The highest BCUT2D eigenvalue weighted by Gasteiger charge is 2.46. The van der Waals surface area contributed by atoms with Gasteiger partial charge in [0.2, 0.25) is 11.9 Å². The third kappa shape index (κ3) is 3.99. The fraction of sp³-hybridized carbons (Fsp3) is 0.704. The maximum atomic E-state index is 13.6. The van der Waals surface area contributed by atoms with E-state index in [1.54, 1.807) is 0 Å². The Morgan fingerprint density at radius 1 is 0.971 bits per heavy atom. The molecule has 0 aromatic carbocycles. The van der Waals surface area contributed by atoms with Crippen LogP contribution in [0.3, 0.4) is 0 Å². The van der Waals surface area contributed by atoms with Crippen LogP contribution in [-0.2, 0) is 17.6 Å². The van der Waals surface area contributed by atoms with E-state index in [0.717, 1.165) is 69.1 Å². The number of aromatic amines is 1. The van der Waals surface area contributed by atoms with Gasteiger partial charge in [-0.1, -0.05) is 12.8 Å². The van der Waals surface area contributed by atoms with Crippen molar-refractivity contribution >= 4 is 23.5 Å². The fourth-order valence-corrected chi connectivity index (χ4v) is 6.97.